The third-order valence-electron chi connectivity index (χ3n) is 2.65. The minimum absolute atomic E-state index is 0.0794. The SMILES string of the molecule is CC(Sc1ccc(S(=O)(=O)N(C)C)cn1)C(=O)NC(C)(C)C. The summed E-state index contributed by atoms with van der Waals surface area (Å²) in [4.78, 5) is 16.3. The van der Waals surface area contributed by atoms with Crippen LogP contribution in [0.5, 0.6) is 0 Å². The molecule has 0 saturated carbocycles. The molecule has 0 aliphatic carbocycles. The highest BCUT2D eigenvalue weighted by Crippen LogP contribution is 2.23. The van der Waals surface area contributed by atoms with Crippen LogP contribution in [-0.2, 0) is 14.8 Å². The fourth-order valence-corrected chi connectivity index (χ4v) is 3.14. The molecule has 1 aromatic heterocycles. The van der Waals surface area contributed by atoms with Gasteiger partial charge in [0.1, 0.15) is 4.90 Å². The van der Waals surface area contributed by atoms with Crippen LogP contribution < -0.4 is 5.32 Å². The van der Waals surface area contributed by atoms with Gasteiger partial charge in [-0.25, -0.2) is 17.7 Å². The first-order valence-corrected chi connectivity index (χ1v) is 9.13. The number of nitrogens with zero attached hydrogens (tertiary/aromatic N) is 2. The first-order chi connectivity index (χ1) is 9.93. The second-order valence-electron chi connectivity index (χ2n) is 6.12. The molecule has 1 unspecified atom stereocenters. The lowest BCUT2D eigenvalue weighted by molar-refractivity contribution is -0.121. The summed E-state index contributed by atoms with van der Waals surface area (Å²) < 4.78 is 25.0. The van der Waals surface area contributed by atoms with E-state index < -0.39 is 10.0 Å². The smallest absolute Gasteiger partial charge is 0.244 e. The summed E-state index contributed by atoms with van der Waals surface area (Å²) in [6.45, 7) is 7.54. The zero-order valence-electron chi connectivity index (χ0n) is 13.7. The van der Waals surface area contributed by atoms with Crippen molar-refractivity contribution in [1.29, 1.82) is 0 Å². The van der Waals surface area contributed by atoms with E-state index in [0.717, 1.165) is 4.31 Å². The van der Waals surface area contributed by atoms with Gasteiger partial charge in [0.05, 0.1) is 10.3 Å². The zero-order valence-corrected chi connectivity index (χ0v) is 15.4. The Morgan fingerprint density at radius 2 is 1.91 bits per heavy atom. The van der Waals surface area contributed by atoms with Crippen molar-refractivity contribution in [3.05, 3.63) is 18.3 Å². The van der Waals surface area contributed by atoms with Crippen molar-refractivity contribution in [2.75, 3.05) is 14.1 Å². The average Bonchev–Trinajstić information content (AvgIpc) is 2.37. The second kappa shape index (κ2) is 6.97. The maximum atomic E-state index is 12.0. The molecule has 1 atom stereocenters. The molecule has 1 N–H and O–H groups in total. The number of sulfonamides is 1. The van der Waals surface area contributed by atoms with E-state index in [2.05, 4.69) is 10.3 Å². The van der Waals surface area contributed by atoms with Crippen molar-refractivity contribution in [1.82, 2.24) is 14.6 Å². The number of carbonyl (C=O) groups is 1. The largest absolute Gasteiger partial charge is 0.351 e. The molecule has 0 aliphatic heterocycles. The number of amides is 1. The van der Waals surface area contributed by atoms with E-state index in [4.69, 9.17) is 0 Å². The number of rotatable bonds is 5. The van der Waals surface area contributed by atoms with E-state index in [1.54, 1.807) is 13.0 Å². The molecule has 0 spiro atoms. The Morgan fingerprint density at radius 3 is 2.32 bits per heavy atom. The second-order valence-corrected chi connectivity index (χ2v) is 9.63. The Morgan fingerprint density at radius 1 is 1.32 bits per heavy atom. The fraction of sp³-hybridized carbons (Fsp3) is 0.571. The molecule has 0 bridgehead atoms. The van der Waals surface area contributed by atoms with Gasteiger partial charge in [0, 0.05) is 25.8 Å². The summed E-state index contributed by atoms with van der Waals surface area (Å²) in [5.41, 5.74) is -0.289. The number of hydrogen-bond donors (Lipinski definition) is 1. The zero-order chi connectivity index (χ0) is 17.1. The maximum absolute atomic E-state index is 12.0. The molecule has 0 fully saturated rings. The molecule has 8 heteroatoms. The number of pyridine rings is 1. The first kappa shape index (κ1) is 18.9. The number of thioether (sulfide) groups is 1. The molecule has 1 amide bonds. The Labute approximate surface area is 136 Å². The van der Waals surface area contributed by atoms with Gasteiger partial charge in [-0.3, -0.25) is 4.79 Å². The molecule has 6 nitrogen and oxygen atoms in total. The van der Waals surface area contributed by atoms with Gasteiger partial charge >= 0.3 is 0 Å². The number of nitrogens with one attached hydrogen (secondary N) is 1. The summed E-state index contributed by atoms with van der Waals surface area (Å²) in [6, 6.07) is 3.11. The predicted molar refractivity (Wildman–Crippen MR) is 88.3 cm³/mol. The van der Waals surface area contributed by atoms with Gasteiger partial charge in [0.15, 0.2) is 0 Å². The van der Waals surface area contributed by atoms with E-state index in [9.17, 15) is 13.2 Å². The maximum Gasteiger partial charge on any atom is 0.244 e. The molecule has 0 saturated heterocycles. The molecule has 0 radical (unpaired) electrons. The molecular weight excluding hydrogens is 322 g/mol. The molecular formula is C14H23N3O3S2. The molecule has 1 heterocycles. The normalized spacial score (nSPS) is 14.0. The van der Waals surface area contributed by atoms with Crippen molar-refractivity contribution in [2.24, 2.45) is 0 Å². The summed E-state index contributed by atoms with van der Waals surface area (Å²) in [7, 11) is -0.542. The van der Waals surface area contributed by atoms with Crippen LogP contribution >= 0.6 is 11.8 Å². The Balaban J connectivity index is 2.79. The first-order valence-electron chi connectivity index (χ1n) is 6.81. The molecule has 0 aromatic carbocycles. The Hall–Kier alpha value is -1.12. The quantitative estimate of drug-likeness (QED) is 0.822. The van der Waals surface area contributed by atoms with Gasteiger partial charge in [-0.1, -0.05) is 11.8 Å². The van der Waals surface area contributed by atoms with Gasteiger partial charge in [0.2, 0.25) is 15.9 Å². The van der Waals surface area contributed by atoms with Gasteiger partial charge in [-0.15, -0.1) is 0 Å². The number of carbonyl (C=O) groups excluding carboxylic acids is 1. The lowest BCUT2D eigenvalue weighted by atomic mass is 10.1. The van der Waals surface area contributed by atoms with E-state index >= 15 is 0 Å². The van der Waals surface area contributed by atoms with Crippen molar-refractivity contribution < 1.29 is 13.2 Å². The number of hydrogen-bond acceptors (Lipinski definition) is 5. The predicted octanol–water partition coefficient (Wildman–Crippen LogP) is 1.73. The van der Waals surface area contributed by atoms with E-state index in [1.165, 1.54) is 38.1 Å². The van der Waals surface area contributed by atoms with Gasteiger partial charge < -0.3 is 5.32 Å². The molecule has 1 rings (SSSR count). The third kappa shape index (κ3) is 5.26. The lowest BCUT2D eigenvalue weighted by Gasteiger charge is -2.22. The lowest BCUT2D eigenvalue weighted by Crippen LogP contribution is -2.44. The minimum Gasteiger partial charge on any atom is -0.351 e. The highest BCUT2D eigenvalue weighted by atomic mass is 32.2. The molecule has 0 aliphatic rings. The van der Waals surface area contributed by atoms with Crippen molar-refractivity contribution in [2.45, 2.75) is 48.4 Å². The highest BCUT2D eigenvalue weighted by molar-refractivity contribution is 8.00. The van der Waals surface area contributed by atoms with Gasteiger partial charge in [-0.05, 0) is 39.8 Å². The van der Waals surface area contributed by atoms with Crippen LogP contribution in [0.2, 0.25) is 0 Å². The summed E-state index contributed by atoms with van der Waals surface area (Å²) in [5.74, 6) is -0.0794. The average molecular weight is 345 g/mol. The Bertz CT molecular complexity index is 620. The van der Waals surface area contributed by atoms with Crippen molar-refractivity contribution in [3.8, 4) is 0 Å². The van der Waals surface area contributed by atoms with Gasteiger partial charge in [-0.2, -0.15) is 0 Å². The van der Waals surface area contributed by atoms with E-state index in [1.807, 2.05) is 20.8 Å². The fourth-order valence-electron chi connectivity index (χ4n) is 1.51. The van der Waals surface area contributed by atoms with E-state index in [-0.39, 0.29) is 21.6 Å². The van der Waals surface area contributed by atoms with Crippen LogP contribution in [0.4, 0.5) is 0 Å². The van der Waals surface area contributed by atoms with E-state index in [0.29, 0.717) is 5.03 Å². The van der Waals surface area contributed by atoms with Gasteiger partial charge in [0.25, 0.3) is 0 Å². The van der Waals surface area contributed by atoms with Crippen LogP contribution in [0, 0.1) is 0 Å². The molecule has 124 valence electrons. The monoisotopic (exact) mass is 345 g/mol. The van der Waals surface area contributed by atoms with Crippen molar-refractivity contribution in [3.63, 3.8) is 0 Å². The summed E-state index contributed by atoms with van der Waals surface area (Å²) in [5, 5.41) is 3.19. The van der Waals surface area contributed by atoms with Crippen LogP contribution in [0.15, 0.2) is 28.3 Å². The summed E-state index contributed by atoms with van der Waals surface area (Å²) in [6.07, 6.45) is 1.31. The van der Waals surface area contributed by atoms with Crippen LogP contribution in [0.3, 0.4) is 0 Å². The topological polar surface area (TPSA) is 79.4 Å². The minimum atomic E-state index is -3.48. The van der Waals surface area contributed by atoms with Crippen LogP contribution in [0.1, 0.15) is 27.7 Å². The summed E-state index contributed by atoms with van der Waals surface area (Å²) >= 11 is 1.29. The van der Waals surface area contributed by atoms with Crippen molar-refractivity contribution >= 4 is 27.7 Å². The standard InChI is InChI=1S/C14H23N3O3S2/c1-10(13(18)16-14(2,3)4)21-12-8-7-11(9-15-12)22(19,20)17(5)6/h7-10H,1-6H3,(H,16,18). The van der Waals surface area contributed by atoms with Crippen LogP contribution in [-0.4, -0.2) is 48.5 Å². The highest BCUT2D eigenvalue weighted by Gasteiger charge is 2.21. The molecule has 1 aromatic rings. The Kier molecular flexibility index (Phi) is 6.00. The third-order valence-corrected chi connectivity index (χ3v) is 5.50. The van der Waals surface area contributed by atoms with Crippen LogP contribution in [0.25, 0.3) is 0 Å². The number of aromatic nitrogens is 1. The molecule has 22 heavy (non-hydrogen) atoms.